The lowest BCUT2D eigenvalue weighted by atomic mass is 10.0. The summed E-state index contributed by atoms with van der Waals surface area (Å²) in [5, 5.41) is 8.84. The molecule has 2 saturated heterocycles. The van der Waals surface area contributed by atoms with E-state index < -0.39 is 59.1 Å². The fraction of sp³-hybridized carbons (Fsp3) is 0.667. The van der Waals surface area contributed by atoms with E-state index in [2.05, 4.69) is 26.9 Å². The maximum Gasteiger partial charge on any atom is 0.410 e. The molecule has 0 bridgehead atoms. The van der Waals surface area contributed by atoms with Gasteiger partial charge >= 0.3 is 12.2 Å². The van der Waals surface area contributed by atoms with E-state index in [0.717, 1.165) is 51.7 Å². The van der Waals surface area contributed by atoms with Gasteiger partial charge in [-0.2, -0.15) is 0 Å². The first-order chi connectivity index (χ1) is 25.3. The molecule has 5 atom stereocenters. The minimum absolute atomic E-state index is 0.00914. The number of alkyl carbamates (subject to hydrolysis) is 1. The van der Waals surface area contributed by atoms with E-state index in [0.29, 0.717) is 36.9 Å². The van der Waals surface area contributed by atoms with E-state index in [-0.39, 0.29) is 37.9 Å². The Hall–Kier alpha value is -4.20. The van der Waals surface area contributed by atoms with Gasteiger partial charge in [-0.15, -0.1) is 0 Å². The molecule has 5 aliphatic rings. The van der Waals surface area contributed by atoms with Gasteiger partial charge in [0.1, 0.15) is 35.1 Å². The average Bonchev–Trinajstić information content (AvgIpc) is 3.40. The third-order valence-corrected chi connectivity index (χ3v) is 10.9. The van der Waals surface area contributed by atoms with Crippen molar-refractivity contribution in [2.75, 3.05) is 32.7 Å². The lowest BCUT2D eigenvalue weighted by molar-refractivity contribution is -0.141. The Morgan fingerprint density at radius 1 is 1.04 bits per heavy atom. The van der Waals surface area contributed by atoms with Crippen molar-refractivity contribution >= 4 is 29.9 Å². The van der Waals surface area contributed by atoms with Crippen LogP contribution in [0, 0.1) is 11.7 Å². The Labute approximate surface area is 311 Å². The highest BCUT2D eigenvalue weighted by molar-refractivity contribution is 5.98. The van der Waals surface area contributed by atoms with Gasteiger partial charge in [-0.1, -0.05) is 43.5 Å². The average molecular weight is 739 g/mol. The van der Waals surface area contributed by atoms with Crippen LogP contribution in [0.3, 0.4) is 0 Å². The molecule has 0 aromatic heterocycles. The number of nitrogens with one attached hydrogen (secondary N) is 3. The second-order valence-corrected chi connectivity index (χ2v) is 16.2. The number of amides is 5. The van der Waals surface area contributed by atoms with Crippen molar-refractivity contribution in [3.05, 3.63) is 47.3 Å². The number of benzene rings is 1. The largest absolute Gasteiger partial charge is 0.444 e. The number of ether oxygens (including phenoxy) is 2. The van der Waals surface area contributed by atoms with Crippen molar-refractivity contribution in [3.8, 4) is 0 Å². The summed E-state index contributed by atoms with van der Waals surface area (Å²) < 4.78 is 25.8. The molecule has 1 aromatic rings. The zero-order valence-corrected chi connectivity index (χ0v) is 31.3. The molecule has 1 aliphatic carbocycles. The second-order valence-electron chi connectivity index (χ2n) is 16.2. The molecule has 53 heavy (non-hydrogen) atoms. The summed E-state index contributed by atoms with van der Waals surface area (Å²) in [4.78, 5) is 73.9. The molecular weight excluding hydrogens is 683 g/mol. The minimum Gasteiger partial charge on any atom is -0.444 e. The highest BCUT2D eigenvalue weighted by Gasteiger charge is 2.61. The van der Waals surface area contributed by atoms with Gasteiger partial charge in [-0.05, 0) is 84.0 Å². The number of likely N-dealkylation sites (tertiary alicyclic amines) is 1. The Morgan fingerprint density at radius 3 is 2.57 bits per heavy atom. The van der Waals surface area contributed by atoms with Gasteiger partial charge < -0.3 is 35.2 Å². The van der Waals surface area contributed by atoms with E-state index in [9.17, 15) is 28.4 Å². The van der Waals surface area contributed by atoms with Crippen LogP contribution in [-0.2, 0) is 36.9 Å². The van der Waals surface area contributed by atoms with Crippen LogP contribution in [0.2, 0.25) is 0 Å². The van der Waals surface area contributed by atoms with Crippen LogP contribution in [0.15, 0.2) is 30.4 Å². The van der Waals surface area contributed by atoms with Gasteiger partial charge in [0.15, 0.2) is 0 Å². The monoisotopic (exact) mass is 738 g/mol. The van der Waals surface area contributed by atoms with Crippen molar-refractivity contribution in [1.29, 1.82) is 0 Å². The molecular formula is C39H55FN6O7. The van der Waals surface area contributed by atoms with E-state index in [1.807, 2.05) is 6.08 Å². The molecule has 4 heterocycles. The van der Waals surface area contributed by atoms with E-state index in [1.165, 1.54) is 22.3 Å². The van der Waals surface area contributed by atoms with Crippen LogP contribution in [0.5, 0.6) is 0 Å². The molecule has 6 rings (SSSR count). The Kier molecular flexibility index (Phi) is 11.9. The number of carbonyl (C=O) groups is 5. The molecule has 0 radical (unpaired) electrons. The normalized spacial score (nSPS) is 28.1. The highest BCUT2D eigenvalue weighted by atomic mass is 19.1. The Bertz CT molecular complexity index is 1580. The molecule has 1 aromatic carbocycles. The molecule has 0 unspecified atom stereocenters. The molecule has 3 N–H and O–H groups in total. The second kappa shape index (κ2) is 16.4. The number of rotatable bonds is 6. The summed E-state index contributed by atoms with van der Waals surface area (Å²) in [6.45, 7) is 8.53. The molecule has 0 spiro atoms. The summed E-state index contributed by atoms with van der Waals surface area (Å²) in [5.74, 6) is -1.88. The van der Waals surface area contributed by atoms with Crippen molar-refractivity contribution in [2.45, 2.75) is 127 Å². The maximum absolute atomic E-state index is 14.4. The van der Waals surface area contributed by atoms with Crippen molar-refractivity contribution in [2.24, 2.45) is 5.92 Å². The van der Waals surface area contributed by atoms with Crippen LogP contribution < -0.4 is 16.0 Å². The number of hydrogen-bond donors (Lipinski definition) is 3. The van der Waals surface area contributed by atoms with Gasteiger partial charge in [-0.3, -0.25) is 19.3 Å². The first kappa shape index (κ1) is 38.5. The highest BCUT2D eigenvalue weighted by Crippen LogP contribution is 2.45. The van der Waals surface area contributed by atoms with Gasteiger partial charge in [0.05, 0.1) is 13.1 Å². The number of fused-ring (bicyclic) bond motifs is 3. The van der Waals surface area contributed by atoms with Gasteiger partial charge in [0, 0.05) is 37.5 Å². The summed E-state index contributed by atoms with van der Waals surface area (Å²) in [5.41, 5.74) is -0.838. The van der Waals surface area contributed by atoms with Gasteiger partial charge in [0.2, 0.25) is 17.7 Å². The van der Waals surface area contributed by atoms with Crippen LogP contribution in [-0.4, -0.2) is 107 Å². The van der Waals surface area contributed by atoms with Gasteiger partial charge in [-0.25, -0.2) is 14.0 Å². The zero-order valence-electron chi connectivity index (χ0n) is 31.3. The van der Waals surface area contributed by atoms with Crippen LogP contribution in [0.4, 0.5) is 14.0 Å². The SMILES string of the molecule is CC(C)(C)OC(=O)N[C@H]1CCCCCC=C[C@@H]2C[C@@]2(C(=O)NCCN2CCCCC2)NC(=O)[C@@H]2C[C@@H](OC(=O)N3Cc4cccc(F)c4C3)CN2C1=O. The minimum atomic E-state index is -1.17. The zero-order chi connectivity index (χ0) is 37.8. The standard InChI is InChI=1S/C39H55FN6O7/c1-38(2,3)53-36(50)42-31-16-9-6-4-5-8-14-27-22-39(27,35(49)41-17-20-44-18-10-7-11-19-44)43-33(47)32-21-28(24-46(32)34(31)48)52-37(51)45-23-26-13-12-15-30(40)29(26)25-45/h8,12-15,27-28,31-32H,4-7,9-11,16-25H2,1-3H3,(H,41,49)(H,42,50)(H,43,47)/t27-,28-,31+,32+,39-/m1/s1. The Balaban J connectivity index is 1.21. The molecule has 4 aliphatic heterocycles. The first-order valence-electron chi connectivity index (χ1n) is 19.3. The smallest absolute Gasteiger partial charge is 0.410 e. The lowest BCUT2D eigenvalue weighted by Gasteiger charge is -2.30. The predicted octanol–water partition coefficient (Wildman–Crippen LogP) is 4.14. The van der Waals surface area contributed by atoms with Crippen LogP contribution >= 0.6 is 0 Å². The van der Waals surface area contributed by atoms with Crippen molar-refractivity contribution in [3.63, 3.8) is 0 Å². The van der Waals surface area contributed by atoms with Crippen molar-refractivity contribution in [1.82, 2.24) is 30.7 Å². The van der Waals surface area contributed by atoms with Crippen LogP contribution in [0.25, 0.3) is 0 Å². The van der Waals surface area contributed by atoms with Crippen molar-refractivity contribution < 1.29 is 37.8 Å². The molecule has 13 nitrogen and oxygen atoms in total. The maximum atomic E-state index is 14.4. The molecule has 5 amide bonds. The number of carbonyl (C=O) groups excluding carboxylic acids is 5. The van der Waals surface area contributed by atoms with E-state index in [4.69, 9.17) is 9.47 Å². The summed E-state index contributed by atoms with van der Waals surface area (Å²) in [6.07, 6.45) is 9.11. The third kappa shape index (κ3) is 9.49. The number of piperidine rings is 1. The summed E-state index contributed by atoms with van der Waals surface area (Å²) >= 11 is 0. The summed E-state index contributed by atoms with van der Waals surface area (Å²) in [6, 6.07) is 2.64. The molecule has 3 fully saturated rings. The van der Waals surface area contributed by atoms with Crippen LogP contribution in [0.1, 0.15) is 96.1 Å². The summed E-state index contributed by atoms with van der Waals surface area (Å²) in [7, 11) is 0. The Morgan fingerprint density at radius 2 is 1.81 bits per heavy atom. The molecule has 1 saturated carbocycles. The quantitative estimate of drug-likeness (QED) is 0.369. The predicted molar refractivity (Wildman–Crippen MR) is 194 cm³/mol. The third-order valence-electron chi connectivity index (χ3n) is 10.9. The van der Waals surface area contributed by atoms with Gasteiger partial charge in [0.25, 0.3) is 0 Å². The number of allylic oxidation sites excluding steroid dienone is 1. The number of nitrogens with zero attached hydrogens (tertiary/aromatic N) is 3. The first-order valence-corrected chi connectivity index (χ1v) is 19.3. The van der Waals surface area contributed by atoms with E-state index in [1.54, 1.807) is 32.9 Å². The fourth-order valence-corrected chi connectivity index (χ4v) is 8.01. The fourth-order valence-electron chi connectivity index (χ4n) is 8.01. The number of halogens is 1. The molecule has 290 valence electrons. The lowest BCUT2D eigenvalue weighted by Crippen LogP contribution is -2.58. The number of hydrogen-bond acceptors (Lipinski definition) is 8. The molecule has 14 heteroatoms. The topological polar surface area (TPSA) is 150 Å². The van der Waals surface area contributed by atoms with E-state index >= 15 is 0 Å².